The van der Waals surface area contributed by atoms with E-state index >= 15 is 0 Å². The summed E-state index contributed by atoms with van der Waals surface area (Å²) in [4.78, 5) is 27.4. The predicted molar refractivity (Wildman–Crippen MR) is 74.6 cm³/mol. The monoisotopic (exact) mass is 272 g/mol. The number of nitrogens with zero attached hydrogens (tertiary/aromatic N) is 2. The molecule has 0 bridgehead atoms. The fraction of sp³-hybridized carbons (Fsp3) is 0.333. The number of piperazine rings is 1. The van der Waals surface area contributed by atoms with Crippen LogP contribution in [0.25, 0.3) is 11.0 Å². The number of hydrogen-bond donors (Lipinski definition) is 0. The largest absolute Gasteiger partial charge is 0.453 e. The highest BCUT2D eigenvalue weighted by Gasteiger charge is 2.24. The van der Waals surface area contributed by atoms with E-state index in [2.05, 4.69) is 0 Å². The Bertz CT molecular complexity index is 629. The fourth-order valence-electron chi connectivity index (χ4n) is 2.34. The Labute approximate surface area is 116 Å². The second-order valence-corrected chi connectivity index (χ2v) is 5.10. The molecule has 2 heterocycles. The molecule has 5 heteroatoms. The molecule has 0 spiro atoms. The molecule has 3 rings (SSSR count). The minimum atomic E-state index is -0.0847. The first-order chi connectivity index (χ1) is 9.63. The van der Waals surface area contributed by atoms with E-state index in [0.717, 1.165) is 5.39 Å². The molecule has 1 fully saturated rings. The number of fused-ring (bicyclic) bond motifs is 1. The van der Waals surface area contributed by atoms with Gasteiger partial charge in [0.15, 0.2) is 5.76 Å². The minimum Gasteiger partial charge on any atom is -0.453 e. The third-order valence-electron chi connectivity index (χ3n) is 3.60. The number of carbonyl (C=O) groups excluding carboxylic acids is 2. The van der Waals surface area contributed by atoms with Crippen molar-refractivity contribution in [2.45, 2.75) is 0 Å². The van der Waals surface area contributed by atoms with Crippen LogP contribution in [0.4, 0.5) is 0 Å². The molecule has 0 N–H and O–H groups in total. The Kier molecular flexibility index (Phi) is 3.28. The second kappa shape index (κ2) is 5.09. The third-order valence-corrected chi connectivity index (χ3v) is 3.60. The summed E-state index contributed by atoms with van der Waals surface area (Å²) >= 11 is 0. The Morgan fingerprint density at radius 3 is 2.85 bits per heavy atom. The van der Waals surface area contributed by atoms with Crippen LogP contribution >= 0.6 is 0 Å². The molecule has 104 valence electrons. The zero-order chi connectivity index (χ0) is 14.1. The standard InChI is InChI=1S/C15H16N2O3/c1-16-6-7-17(10-15(16)19)9-12(18)14-8-11-4-2-3-5-13(11)20-14/h2-5,8H,6-7,9-10H2,1H3. The van der Waals surface area contributed by atoms with Gasteiger partial charge in [0, 0.05) is 25.5 Å². The van der Waals surface area contributed by atoms with E-state index in [1.54, 1.807) is 18.0 Å². The highest BCUT2D eigenvalue weighted by molar-refractivity contribution is 5.99. The van der Waals surface area contributed by atoms with Crippen LogP contribution in [0.1, 0.15) is 10.6 Å². The van der Waals surface area contributed by atoms with E-state index in [1.807, 2.05) is 29.2 Å². The molecule has 2 aromatic rings. The molecule has 1 aliphatic heterocycles. The Hall–Kier alpha value is -2.14. The number of Topliss-reactive ketones (excluding diaryl/α,β-unsaturated/α-hetero) is 1. The average molecular weight is 272 g/mol. The molecule has 0 atom stereocenters. The van der Waals surface area contributed by atoms with Gasteiger partial charge < -0.3 is 9.32 Å². The molecule has 0 aliphatic carbocycles. The maximum absolute atomic E-state index is 12.2. The SMILES string of the molecule is CN1CCN(CC(=O)c2cc3ccccc3o2)CC1=O. The molecule has 1 amide bonds. The molecule has 1 aliphatic rings. The van der Waals surface area contributed by atoms with Crippen molar-refractivity contribution in [2.24, 2.45) is 0 Å². The number of furan rings is 1. The predicted octanol–water partition coefficient (Wildman–Crippen LogP) is 1.39. The van der Waals surface area contributed by atoms with Gasteiger partial charge in [-0.05, 0) is 12.1 Å². The van der Waals surface area contributed by atoms with Gasteiger partial charge in [0.05, 0.1) is 13.1 Å². The normalized spacial score (nSPS) is 16.9. The first kappa shape index (κ1) is 12.9. The van der Waals surface area contributed by atoms with E-state index in [0.29, 0.717) is 31.0 Å². The molecule has 1 aromatic heterocycles. The van der Waals surface area contributed by atoms with Gasteiger partial charge in [-0.1, -0.05) is 18.2 Å². The molecule has 0 radical (unpaired) electrons. The molecule has 0 saturated carbocycles. The lowest BCUT2D eigenvalue weighted by Crippen LogP contribution is -2.49. The van der Waals surface area contributed by atoms with E-state index < -0.39 is 0 Å². The molecule has 1 saturated heterocycles. The maximum Gasteiger partial charge on any atom is 0.236 e. The number of likely N-dealkylation sites (N-methyl/N-ethyl adjacent to an activating group) is 1. The summed E-state index contributed by atoms with van der Waals surface area (Å²) in [6.07, 6.45) is 0. The lowest BCUT2D eigenvalue weighted by atomic mass is 10.2. The minimum absolute atomic E-state index is 0.0497. The van der Waals surface area contributed by atoms with Gasteiger partial charge in [0.2, 0.25) is 11.7 Å². The van der Waals surface area contributed by atoms with Crippen molar-refractivity contribution in [3.63, 3.8) is 0 Å². The van der Waals surface area contributed by atoms with Crippen LogP contribution in [0, 0.1) is 0 Å². The molecular formula is C15H16N2O3. The number of amides is 1. The van der Waals surface area contributed by atoms with Gasteiger partial charge in [0.1, 0.15) is 5.58 Å². The summed E-state index contributed by atoms with van der Waals surface area (Å²) < 4.78 is 5.55. The van der Waals surface area contributed by atoms with Gasteiger partial charge in [-0.25, -0.2) is 0 Å². The van der Waals surface area contributed by atoms with E-state index in [1.165, 1.54) is 0 Å². The van der Waals surface area contributed by atoms with E-state index in [-0.39, 0.29) is 18.2 Å². The first-order valence-corrected chi connectivity index (χ1v) is 6.61. The summed E-state index contributed by atoms with van der Waals surface area (Å²) in [5.74, 6) is 0.324. The first-order valence-electron chi connectivity index (χ1n) is 6.61. The van der Waals surface area contributed by atoms with Crippen LogP contribution in [-0.2, 0) is 4.79 Å². The van der Waals surface area contributed by atoms with Crippen molar-refractivity contribution < 1.29 is 14.0 Å². The molecular weight excluding hydrogens is 256 g/mol. The van der Waals surface area contributed by atoms with Crippen molar-refractivity contribution in [2.75, 3.05) is 33.2 Å². The summed E-state index contributed by atoms with van der Waals surface area (Å²) in [5, 5.41) is 0.922. The number of ketones is 1. The zero-order valence-electron chi connectivity index (χ0n) is 11.3. The van der Waals surface area contributed by atoms with Crippen molar-refractivity contribution in [3.8, 4) is 0 Å². The van der Waals surface area contributed by atoms with Gasteiger partial charge in [-0.15, -0.1) is 0 Å². The fourth-order valence-corrected chi connectivity index (χ4v) is 2.34. The molecule has 1 aromatic carbocycles. The average Bonchev–Trinajstić information content (AvgIpc) is 2.87. The molecule has 20 heavy (non-hydrogen) atoms. The van der Waals surface area contributed by atoms with Crippen LogP contribution in [0.2, 0.25) is 0 Å². The lowest BCUT2D eigenvalue weighted by Gasteiger charge is -2.31. The van der Waals surface area contributed by atoms with Crippen LogP contribution in [0.15, 0.2) is 34.7 Å². The number of hydrogen-bond acceptors (Lipinski definition) is 4. The van der Waals surface area contributed by atoms with Gasteiger partial charge in [-0.2, -0.15) is 0 Å². The Morgan fingerprint density at radius 1 is 1.30 bits per heavy atom. The number of para-hydroxylation sites is 1. The zero-order valence-corrected chi connectivity index (χ0v) is 11.3. The van der Waals surface area contributed by atoms with Crippen LogP contribution in [0.3, 0.4) is 0 Å². The summed E-state index contributed by atoms with van der Waals surface area (Å²) in [6.45, 7) is 1.89. The summed E-state index contributed by atoms with van der Waals surface area (Å²) in [7, 11) is 1.78. The molecule has 5 nitrogen and oxygen atoms in total. The van der Waals surface area contributed by atoms with Gasteiger partial charge in [0.25, 0.3) is 0 Å². The lowest BCUT2D eigenvalue weighted by molar-refractivity contribution is -0.134. The van der Waals surface area contributed by atoms with E-state index in [9.17, 15) is 9.59 Å². The van der Waals surface area contributed by atoms with Gasteiger partial charge in [-0.3, -0.25) is 14.5 Å². The van der Waals surface area contributed by atoms with Crippen LogP contribution in [-0.4, -0.2) is 54.7 Å². The summed E-state index contributed by atoms with van der Waals surface area (Å²) in [6, 6.07) is 9.29. The number of rotatable bonds is 3. The topological polar surface area (TPSA) is 53.8 Å². The number of benzene rings is 1. The van der Waals surface area contributed by atoms with Crippen molar-refractivity contribution in [1.29, 1.82) is 0 Å². The van der Waals surface area contributed by atoms with E-state index in [4.69, 9.17) is 4.42 Å². The maximum atomic E-state index is 12.2. The highest BCUT2D eigenvalue weighted by Crippen LogP contribution is 2.19. The summed E-state index contributed by atoms with van der Waals surface area (Å²) in [5.41, 5.74) is 0.713. The van der Waals surface area contributed by atoms with Gasteiger partial charge >= 0.3 is 0 Å². The van der Waals surface area contributed by atoms with Crippen molar-refractivity contribution >= 4 is 22.7 Å². The smallest absolute Gasteiger partial charge is 0.236 e. The van der Waals surface area contributed by atoms with Crippen molar-refractivity contribution in [3.05, 3.63) is 36.1 Å². The number of carbonyl (C=O) groups is 2. The Morgan fingerprint density at radius 2 is 2.10 bits per heavy atom. The second-order valence-electron chi connectivity index (χ2n) is 5.10. The van der Waals surface area contributed by atoms with Crippen LogP contribution < -0.4 is 0 Å². The molecule has 0 unspecified atom stereocenters. The van der Waals surface area contributed by atoms with Crippen LogP contribution in [0.5, 0.6) is 0 Å². The van der Waals surface area contributed by atoms with Crippen molar-refractivity contribution in [1.82, 2.24) is 9.80 Å². The quantitative estimate of drug-likeness (QED) is 0.792. The Balaban J connectivity index is 1.71. The highest BCUT2D eigenvalue weighted by atomic mass is 16.3. The third kappa shape index (κ3) is 2.44.